The first-order valence-electron chi connectivity index (χ1n) is 5.33. The van der Waals surface area contributed by atoms with Crippen LogP contribution in [0.2, 0.25) is 5.15 Å². The molecule has 1 fully saturated rings. The Morgan fingerprint density at radius 1 is 1.62 bits per heavy atom. The quantitative estimate of drug-likeness (QED) is 0.752. The number of nitrogens with two attached hydrogens (primary N) is 1. The summed E-state index contributed by atoms with van der Waals surface area (Å²) in [6.07, 6.45) is 3.49. The minimum absolute atomic E-state index is 0.0144. The molecule has 86 valence electrons. The van der Waals surface area contributed by atoms with Crippen molar-refractivity contribution >= 4 is 17.5 Å². The molecular weight excluding hydrogens is 226 g/mol. The molecule has 1 aliphatic heterocycles. The second kappa shape index (κ2) is 4.80. The predicted molar refractivity (Wildman–Crippen MR) is 62.4 cm³/mol. The fourth-order valence-electron chi connectivity index (χ4n) is 1.91. The van der Waals surface area contributed by atoms with Gasteiger partial charge in [-0.1, -0.05) is 11.6 Å². The zero-order chi connectivity index (χ0) is 11.5. The summed E-state index contributed by atoms with van der Waals surface area (Å²) in [6, 6.07) is 3.35. The molecule has 1 aromatic heterocycles. The summed E-state index contributed by atoms with van der Waals surface area (Å²) in [7, 11) is 0. The van der Waals surface area contributed by atoms with E-state index >= 15 is 0 Å². The van der Waals surface area contributed by atoms with Gasteiger partial charge in [0.15, 0.2) is 0 Å². The highest BCUT2D eigenvalue weighted by Crippen LogP contribution is 2.14. The van der Waals surface area contributed by atoms with Gasteiger partial charge in [0.05, 0.1) is 0 Å². The number of hydrogen-bond donors (Lipinski definition) is 1. The van der Waals surface area contributed by atoms with Crippen molar-refractivity contribution in [3.63, 3.8) is 0 Å². The molecule has 0 unspecified atom stereocenters. The number of carbonyl (C=O) groups excluding carboxylic acids is 1. The number of pyridine rings is 1. The second-order valence-electron chi connectivity index (χ2n) is 4.02. The van der Waals surface area contributed by atoms with Crippen molar-refractivity contribution in [2.24, 2.45) is 5.73 Å². The van der Waals surface area contributed by atoms with Crippen LogP contribution in [0.3, 0.4) is 0 Å². The normalized spacial score (nSPS) is 20.9. The molecule has 0 bridgehead atoms. The second-order valence-corrected chi connectivity index (χ2v) is 4.41. The van der Waals surface area contributed by atoms with E-state index in [1.54, 1.807) is 23.2 Å². The number of rotatable bonds is 1. The summed E-state index contributed by atoms with van der Waals surface area (Å²) >= 11 is 5.75. The number of nitrogens with zero attached hydrogens (tertiary/aromatic N) is 2. The Morgan fingerprint density at radius 2 is 2.44 bits per heavy atom. The van der Waals surface area contributed by atoms with Crippen LogP contribution in [0.15, 0.2) is 18.3 Å². The Labute approximate surface area is 99.4 Å². The van der Waals surface area contributed by atoms with E-state index in [9.17, 15) is 4.79 Å². The van der Waals surface area contributed by atoms with Crippen LogP contribution in [-0.2, 0) is 0 Å². The van der Waals surface area contributed by atoms with Gasteiger partial charge in [-0.25, -0.2) is 4.98 Å². The molecule has 4 nitrogen and oxygen atoms in total. The number of amides is 1. The molecule has 0 spiro atoms. The van der Waals surface area contributed by atoms with Crippen LogP contribution in [0.4, 0.5) is 0 Å². The van der Waals surface area contributed by atoms with E-state index in [1.807, 2.05) is 0 Å². The van der Waals surface area contributed by atoms with Crippen molar-refractivity contribution < 1.29 is 4.79 Å². The van der Waals surface area contributed by atoms with E-state index < -0.39 is 0 Å². The summed E-state index contributed by atoms with van der Waals surface area (Å²) in [5.74, 6) is -0.0144. The molecule has 1 atom stereocenters. The Bertz CT molecular complexity index is 397. The average molecular weight is 240 g/mol. The van der Waals surface area contributed by atoms with Crippen LogP contribution in [-0.4, -0.2) is 34.9 Å². The van der Waals surface area contributed by atoms with Gasteiger partial charge in [0.25, 0.3) is 5.91 Å². The molecular formula is C11H14ClN3O. The highest BCUT2D eigenvalue weighted by atomic mass is 35.5. The van der Waals surface area contributed by atoms with Crippen LogP contribution in [0.25, 0.3) is 0 Å². The maximum atomic E-state index is 12.1. The van der Waals surface area contributed by atoms with Crippen LogP contribution in [0.5, 0.6) is 0 Å². The third-order valence-electron chi connectivity index (χ3n) is 2.72. The molecule has 0 aromatic carbocycles. The van der Waals surface area contributed by atoms with Crippen LogP contribution >= 0.6 is 11.6 Å². The van der Waals surface area contributed by atoms with Gasteiger partial charge in [-0.2, -0.15) is 0 Å². The highest BCUT2D eigenvalue weighted by Gasteiger charge is 2.22. The van der Waals surface area contributed by atoms with E-state index in [-0.39, 0.29) is 11.9 Å². The van der Waals surface area contributed by atoms with E-state index in [1.165, 1.54) is 0 Å². The molecule has 2 N–H and O–H groups in total. The van der Waals surface area contributed by atoms with Gasteiger partial charge >= 0.3 is 0 Å². The van der Waals surface area contributed by atoms with Crippen molar-refractivity contribution in [3.05, 3.63) is 29.0 Å². The first-order valence-corrected chi connectivity index (χ1v) is 5.71. The number of hydrogen-bond acceptors (Lipinski definition) is 3. The fraction of sp³-hybridized carbons (Fsp3) is 0.455. The summed E-state index contributed by atoms with van der Waals surface area (Å²) in [5.41, 5.74) is 6.42. The van der Waals surface area contributed by atoms with Gasteiger partial charge in [0.1, 0.15) is 5.15 Å². The van der Waals surface area contributed by atoms with Gasteiger partial charge in [-0.05, 0) is 25.0 Å². The van der Waals surface area contributed by atoms with Crippen LogP contribution < -0.4 is 5.73 Å². The van der Waals surface area contributed by atoms with Crippen LogP contribution in [0, 0.1) is 0 Å². The molecule has 1 aliphatic rings. The van der Waals surface area contributed by atoms with Crippen molar-refractivity contribution in [1.82, 2.24) is 9.88 Å². The van der Waals surface area contributed by atoms with E-state index in [2.05, 4.69) is 4.98 Å². The van der Waals surface area contributed by atoms with Gasteiger partial charge in [0.2, 0.25) is 0 Å². The van der Waals surface area contributed by atoms with Crippen LogP contribution in [0.1, 0.15) is 23.2 Å². The molecule has 2 heterocycles. The SMILES string of the molecule is N[C@H]1CCCN(C(=O)c2ccnc(Cl)c2)C1. The largest absolute Gasteiger partial charge is 0.337 e. The minimum Gasteiger partial charge on any atom is -0.337 e. The maximum Gasteiger partial charge on any atom is 0.254 e. The lowest BCUT2D eigenvalue weighted by Crippen LogP contribution is -2.45. The fourth-order valence-corrected chi connectivity index (χ4v) is 2.09. The number of piperidine rings is 1. The Morgan fingerprint density at radius 3 is 3.12 bits per heavy atom. The minimum atomic E-state index is -0.0144. The molecule has 0 saturated carbocycles. The number of likely N-dealkylation sites (tertiary alicyclic amines) is 1. The lowest BCUT2D eigenvalue weighted by atomic mass is 10.1. The topological polar surface area (TPSA) is 59.2 Å². The van der Waals surface area contributed by atoms with Gasteiger partial charge in [-0.15, -0.1) is 0 Å². The number of halogens is 1. The zero-order valence-corrected chi connectivity index (χ0v) is 9.65. The molecule has 2 rings (SSSR count). The lowest BCUT2D eigenvalue weighted by Gasteiger charge is -2.30. The van der Waals surface area contributed by atoms with Gasteiger partial charge in [-0.3, -0.25) is 4.79 Å². The summed E-state index contributed by atoms with van der Waals surface area (Å²) in [6.45, 7) is 1.39. The highest BCUT2D eigenvalue weighted by molar-refractivity contribution is 6.29. The smallest absolute Gasteiger partial charge is 0.254 e. The standard InChI is InChI=1S/C11H14ClN3O/c12-10-6-8(3-4-14-10)11(16)15-5-1-2-9(13)7-15/h3-4,6,9H,1-2,5,7,13H2/t9-/m0/s1. The van der Waals surface area contributed by atoms with Crippen molar-refractivity contribution in [1.29, 1.82) is 0 Å². The van der Waals surface area contributed by atoms with E-state index in [0.717, 1.165) is 19.4 Å². The molecule has 5 heteroatoms. The summed E-state index contributed by atoms with van der Waals surface area (Å²) in [4.78, 5) is 17.7. The zero-order valence-electron chi connectivity index (χ0n) is 8.90. The molecule has 1 saturated heterocycles. The average Bonchev–Trinajstić information content (AvgIpc) is 2.28. The molecule has 0 radical (unpaired) electrons. The maximum absolute atomic E-state index is 12.1. The molecule has 1 aromatic rings. The van der Waals surface area contributed by atoms with Crippen molar-refractivity contribution in [2.75, 3.05) is 13.1 Å². The van der Waals surface area contributed by atoms with Crippen molar-refractivity contribution in [3.8, 4) is 0 Å². The van der Waals surface area contributed by atoms with E-state index in [4.69, 9.17) is 17.3 Å². The molecule has 16 heavy (non-hydrogen) atoms. The third-order valence-corrected chi connectivity index (χ3v) is 2.93. The lowest BCUT2D eigenvalue weighted by molar-refractivity contribution is 0.0708. The number of carbonyl (C=O) groups is 1. The monoisotopic (exact) mass is 239 g/mol. The Kier molecular flexibility index (Phi) is 3.41. The Hall–Kier alpha value is -1.13. The molecule has 1 amide bonds. The summed E-state index contributed by atoms with van der Waals surface area (Å²) < 4.78 is 0. The summed E-state index contributed by atoms with van der Waals surface area (Å²) in [5, 5.41) is 0.340. The first-order chi connectivity index (χ1) is 7.66. The van der Waals surface area contributed by atoms with Gasteiger partial charge < -0.3 is 10.6 Å². The first kappa shape index (κ1) is 11.4. The number of aromatic nitrogens is 1. The molecule has 0 aliphatic carbocycles. The Balaban J connectivity index is 2.12. The predicted octanol–water partition coefficient (Wildman–Crippen LogP) is 1.30. The third kappa shape index (κ3) is 2.51. The van der Waals surface area contributed by atoms with Crippen molar-refractivity contribution in [2.45, 2.75) is 18.9 Å². The van der Waals surface area contributed by atoms with E-state index in [0.29, 0.717) is 17.3 Å². The van der Waals surface area contributed by atoms with Gasteiger partial charge in [0, 0.05) is 30.9 Å².